The minimum absolute atomic E-state index is 0.351. The maximum absolute atomic E-state index is 12.6. The topological polar surface area (TPSA) is 49.4 Å². The summed E-state index contributed by atoms with van der Waals surface area (Å²) in [5.74, 6) is 0. The van der Waals surface area contributed by atoms with E-state index in [1.54, 1.807) is 17.4 Å². The van der Waals surface area contributed by atoms with E-state index >= 15 is 0 Å². The first-order valence-electron chi connectivity index (χ1n) is 6.92. The average Bonchev–Trinajstić information content (AvgIpc) is 3.15. The van der Waals surface area contributed by atoms with Crippen LogP contribution < -0.4 is 5.32 Å². The lowest BCUT2D eigenvalue weighted by molar-refractivity contribution is 0.459. The van der Waals surface area contributed by atoms with Crippen LogP contribution in [0.3, 0.4) is 0 Å². The summed E-state index contributed by atoms with van der Waals surface area (Å²) in [5.41, 5.74) is 0. The molecule has 0 spiro atoms. The summed E-state index contributed by atoms with van der Waals surface area (Å²) in [4.78, 5) is 2.39. The predicted octanol–water partition coefficient (Wildman–Crippen LogP) is 2.51. The molecular weight excluding hydrogens is 292 g/mol. The van der Waals surface area contributed by atoms with E-state index in [9.17, 15) is 8.42 Å². The van der Waals surface area contributed by atoms with Crippen molar-refractivity contribution in [2.45, 2.75) is 44.2 Å². The van der Waals surface area contributed by atoms with Crippen molar-refractivity contribution in [2.24, 2.45) is 0 Å². The monoisotopic (exact) mass is 314 g/mol. The van der Waals surface area contributed by atoms with E-state index in [-0.39, 0.29) is 0 Å². The van der Waals surface area contributed by atoms with Crippen LogP contribution in [0.1, 0.15) is 29.5 Å². The van der Waals surface area contributed by atoms with E-state index in [1.807, 2.05) is 19.9 Å². The molecule has 6 heteroatoms. The Morgan fingerprint density at radius 2 is 2.25 bits per heavy atom. The first-order chi connectivity index (χ1) is 9.48. The number of hydrogen-bond donors (Lipinski definition) is 1. The maximum Gasteiger partial charge on any atom is 0.244 e. The second-order valence-corrected chi connectivity index (χ2v) is 8.28. The molecule has 1 fully saturated rings. The molecule has 1 aliphatic carbocycles. The van der Waals surface area contributed by atoms with Crippen molar-refractivity contribution in [3.63, 3.8) is 0 Å². The molecule has 0 atom stereocenters. The van der Waals surface area contributed by atoms with Gasteiger partial charge in [-0.25, -0.2) is 8.42 Å². The zero-order valence-electron chi connectivity index (χ0n) is 12.1. The molecule has 0 aromatic carbocycles. The lowest BCUT2D eigenvalue weighted by atomic mass is 10.4. The first kappa shape index (κ1) is 15.7. The van der Waals surface area contributed by atoms with E-state index in [0.29, 0.717) is 24.0 Å². The van der Waals surface area contributed by atoms with Gasteiger partial charge in [-0.15, -0.1) is 17.9 Å². The summed E-state index contributed by atoms with van der Waals surface area (Å²) >= 11 is 1.56. The predicted molar refractivity (Wildman–Crippen MR) is 83.5 cm³/mol. The molecule has 1 N–H and O–H groups in total. The summed E-state index contributed by atoms with van der Waals surface area (Å²) < 4.78 is 26.7. The Kier molecular flexibility index (Phi) is 5.01. The summed E-state index contributed by atoms with van der Waals surface area (Å²) in [5, 5.41) is 3.42. The Bertz CT molecular complexity index is 574. The molecule has 2 rings (SSSR count). The molecule has 1 aromatic rings. The molecule has 0 amide bonds. The molecule has 1 aromatic heterocycles. The number of likely N-dealkylation sites (N-methyl/N-ethyl adjacent to an activating group) is 1. The molecule has 0 bridgehead atoms. The van der Waals surface area contributed by atoms with Crippen LogP contribution in [0, 0.1) is 6.92 Å². The summed E-state index contributed by atoms with van der Waals surface area (Å²) in [6.45, 7) is 8.92. The van der Waals surface area contributed by atoms with Gasteiger partial charge in [-0.05, 0) is 25.8 Å². The lowest BCUT2D eigenvalue weighted by Crippen LogP contribution is -2.31. The highest BCUT2D eigenvalue weighted by Gasteiger charge is 2.26. The number of sulfonamides is 1. The lowest BCUT2D eigenvalue weighted by Gasteiger charge is -2.18. The highest BCUT2D eigenvalue weighted by atomic mass is 32.2. The molecule has 1 heterocycles. The molecule has 20 heavy (non-hydrogen) atoms. The van der Waals surface area contributed by atoms with E-state index in [1.165, 1.54) is 17.1 Å². The highest BCUT2D eigenvalue weighted by molar-refractivity contribution is 7.89. The third kappa shape index (κ3) is 3.49. The molecule has 0 radical (unpaired) electrons. The molecule has 0 saturated heterocycles. The van der Waals surface area contributed by atoms with Gasteiger partial charge in [-0.3, -0.25) is 0 Å². The number of hydrogen-bond acceptors (Lipinski definition) is 4. The summed E-state index contributed by atoms with van der Waals surface area (Å²) in [6, 6.07) is 2.45. The maximum atomic E-state index is 12.6. The van der Waals surface area contributed by atoms with Crippen LogP contribution in [0.15, 0.2) is 23.6 Å². The fourth-order valence-electron chi connectivity index (χ4n) is 2.08. The zero-order valence-corrected chi connectivity index (χ0v) is 13.7. The van der Waals surface area contributed by atoms with Gasteiger partial charge in [0, 0.05) is 35.4 Å². The largest absolute Gasteiger partial charge is 0.309 e. The minimum atomic E-state index is -3.40. The third-order valence-electron chi connectivity index (χ3n) is 3.37. The molecular formula is C14H22N2O2S2. The van der Waals surface area contributed by atoms with Crippen LogP contribution in [0.2, 0.25) is 0 Å². The van der Waals surface area contributed by atoms with Gasteiger partial charge < -0.3 is 5.32 Å². The van der Waals surface area contributed by atoms with E-state index in [4.69, 9.17) is 0 Å². The van der Waals surface area contributed by atoms with Gasteiger partial charge in [-0.2, -0.15) is 4.31 Å². The fourth-order valence-corrected chi connectivity index (χ4v) is 5.05. The molecule has 4 nitrogen and oxygen atoms in total. The fraction of sp³-hybridized carbons (Fsp3) is 0.571. The smallest absolute Gasteiger partial charge is 0.244 e. The molecule has 1 aliphatic rings. The van der Waals surface area contributed by atoms with Gasteiger partial charge >= 0.3 is 0 Å². The number of nitrogens with zero attached hydrogens (tertiary/aromatic N) is 1. The van der Waals surface area contributed by atoms with E-state index in [2.05, 4.69) is 11.9 Å². The number of thiophene rings is 1. The van der Waals surface area contributed by atoms with Crippen LogP contribution >= 0.6 is 11.3 Å². The van der Waals surface area contributed by atoms with E-state index < -0.39 is 10.0 Å². The second-order valence-electron chi connectivity index (χ2n) is 5.03. The molecule has 0 aliphatic heterocycles. The van der Waals surface area contributed by atoms with Crippen molar-refractivity contribution in [3.8, 4) is 0 Å². The van der Waals surface area contributed by atoms with Crippen molar-refractivity contribution in [3.05, 3.63) is 28.5 Å². The molecule has 1 saturated carbocycles. The molecule has 0 unspecified atom stereocenters. The van der Waals surface area contributed by atoms with Crippen LogP contribution in [0.25, 0.3) is 0 Å². The van der Waals surface area contributed by atoms with Crippen molar-refractivity contribution in [1.29, 1.82) is 0 Å². The Hall–Kier alpha value is -0.690. The van der Waals surface area contributed by atoms with Gasteiger partial charge in [0.05, 0.1) is 4.90 Å². The first-order valence-corrected chi connectivity index (χ1v) is 9.18. The minimum Gasteiger partial charge on any atom is -0.309 e. The van der Waals surface area contributed by atoms with Crippen molar-refractivity contribution in [2.75, 3.05) is 13.1 Å². The number of nitrogens with one attached hydrogen (secondary N) is 1. The second kappa shape index (κ2) is 6.39. The van der Waals surface area contributed by atoms with Crippen molar-refractivity contribution >= 4 is 21.4 Å². The van der Waals surface area contributed by atoms with Gasteiger partial charge in [0.15, 0.2) is 0 Å². The standard InChI is InChI=1S/C14H22N2O2S2/c1-4-8-16(5-2)20(17,18)14-9-13(19-11(14)3)10-15-12-6-7-12/h4,9,12,15H,1,5-8,10H2,2-3H3. The van der Waals surface area contributed by atoms with Gasteiger partial charge in [0.1, 0.15) is 0 Å². The SMILES string of the molecule is C=CCN(CC)S(=O)(=O)c1cc(CNC2CC2)sc1C. The number of aryl methyl sites for hydroxylation is 1. The van der Waals surface area contributed by atoms with Crippen LogP contribution in [0.4, 0.5) is 0 Å². The van der Waals surface area contributed by atoms with Crippen molar-refractivity contribution < 1.29 is 8.42 Å². The Morgan fingerprint density at radius 3 is 2.80 bits per heavy atom. The van der Waals surface area contributed by atoms with Crippen molar-refractivity contribution in [1.82, 2.24) is 9.62 Å². The summed E-state index contributed by atoms with van der Waals surface area (Å²) in [7, 11) is -3.40. The van der Waals surface area contributed by atoms with Crippen LogP contribution in [-0.2, 0) is 16.6 Å². The van der Waals surface area contributed by atoms with Crippen LogP contribution in [-0.4, -0.2) is 31.9 Å². The quantitative estimate of drug-likeness (QED) is 0.750. The zero-order chi connectivity index (χ0) is 14.8. The Balaban J connectivity index is 2.18. The van der Waals surface area contributed by atoms with Gasteiger partial charge in [-0.1, -0.05) is 13.0 Å². The van der Waals surface area contributed by atoms with E-state index in [0.717, 1.165) is 16.3 Å². The van der Waals surface area contributed by atoms with Gasteiger partial charge in [0.25, 0.3) is 0 Å². The highest BCUT2D eigenvalue weighted by Crippen LogP contribution is 2.29. The number of rotatable bonds is 8. The molecule has 112 valence electrons. The van der Waals surface area contributed by atoms with Gasteiger partial charge in [0.2, 0.25) is 10.0 Å². The Labute approximate surface area is 125 Å². The third-order valence-corrected chi connectivity index (χ3v) is 6.62. The average molecular weight is 314 g/mol. The normalized spacial score (nSPS) is 15.8. The Morgan fingerprint density at radius 1 is 1.55 bits per heavy atom. The van der Waals surface area contributed by atoms with Crippen LogP contribution in [0.5, 0.6) is 0 Å². The summed E-state index contributed by atoms with van der Waals surface area (Å²) in [6.07, 6.45) is 4.09.